The third-order valence-electron chi connectivity index (χ3n) is 2.58. The molecule has 4 nitrogen and oxygen atoms in total. The zero-order chi connectivity index (χ0) is 13.0. The van der Waals surface area contributed by atoms with Gasteiger partial charge in [0.15, 0.2) is 6.04 Å². The summed E-state index contributed by atoms with van der Waals surface area (Å²) in [5, 5.41) is 12.2. The van der Waals surface area contributed by atoms with E-state index in [1.54, 1.807) is 24.4 Å². The maximum Gasteiger partial charge on any atom is 0.330 e. The molecule has 0 spiro atoms. The van der Waals surface area contributed by atoms with Gasteiger partial charge in [-0.05, 0) is 24.1 Å². The Morgan fingerprint density at radius 1 is 1.22 bits per heavy atom. The zero-order valence-corrected chi connectivity index (χ0v) is 10.00. The van der Waals surface area contributed by atoms with E-state index >= 15 is 0 Å². The monoisotopic (exact) mass is 242 g/mol. The van der Waals surface area contributed by atoms with E-state index in [1.807, 2.05) is 31.2 Å². The van der Waals surface area contributed by atoms with Crippen molar-refractivity contribution in [3.05, 3.63) is 59.8 Å². The summed E-state index contributed by atoms with van der Waals surface area (Å²) in [6.45, 7) is 1.93. The molecular formula is C14H14N2O2. The SMILES string of the molecule is Cc1ccc(NC(C(=O)O)c2ccccc2)nc1. The lowest BCUT2D eigenvalue weighted by Gasteiger charge is -2.15. The van der Waals surface area contributed by atoms with Crippen LogP contribution in [0.4, 0.5) is 5.82 Å². The van der Waals surface area contributed by atoms with Crippen molar-refractivity contribution in [1.82, 2.24) is 4.98 Å². The summed E-state index contributed by atoms with van der Waals surface area (Å²) in [5.41, 5.74) is 1.74. The van der Waals surface area contributed by atoms with Gasteiger partial charge in [0.25, 0.3) is 0 Å². The van der Waals surface area contributed by atoms with E-state index in [1.165, 1.54) is 0 Å². The van der Waals surface area contributed by atoms with E-state index in [2.05, 4.69) is 10.3 Å². The number of rotatable bonds is 4. The van der Waals surface area contributed by atoms with Crippen molar-refractivity contribution in [2.75, 3.05) is 5.32 Å². The molecular weight excluding hydrogens is 228 g/mol. The minimum atomic E-state index is -0.927. The molecule has 1 heterocycles. The lowest BCUT2D eigenvalue weighted by Crippen LogP contribution is -2.20. The number of carboxylic acid groups (broad SMARTS) is 1. The van der Waals surface area contributed by atoms with Gasteiger partial charge in [0.1, 0.15) is 5.82 Å². The van der Waals surface area contributed by atoms with Crippen LogP contribution in [0.1, 0.15) is 17.2 Å². The molecule has 1 unspecified atom stereocenters. The normalized spacial score (nSPS) is 11.8. The Hall–Kier alpha value is -2.36. The van der Waals surface area contributed by atoms with Crippen molar-refractivity contribution < 1.29 is 9.90 Å². The van der Waals surface area contributed by atoms with Crippen molar-refractivity contribution in [2.45, 2.75) is 13.0 Å². The first-order chi connectivity index (χ1) is 8.66. The molecule has 2 N–H and O–H groups in total. The van der Waals surface area contributed by atoms with E-state index in [-0.39, 0.29) is 0 Å². The Morgan fingerprint density at radius 2 is 1.94 bits per heavy atom. The molecule has 0 aliphatic heterocycles. The third-order valence-corrected chi connectivity index (χ3v) is 2.58. The van der Waals surface area contributed by atoms with Crippen molar-refractivity contribution in [3.8, 4) is 0 Å². The second-order valence-corrected chi connectivity index (χ2v) is 4.05. The Morgan fingerprint density at radius 3 is 2.50 bits per heavy atom. The maximum atomic E-state index is 11.3. The number of hydrogen-bond acceptors (Lipinski definition) is 3. The number of benzene rings is 1. The number of carboxylic acids is 1. The van der Waals surface area contributed by atoms with Crippen LogP contribution < -0.4 is 5.32 Å². The molecule has 0 radical (unpaired) electrons. The Kier molecular flexibility index (Phi) is 3.57. The van der Waals surface area contributed by atoms with Gasteiger partial charge in [0.05, 0.1) is 0 Å². The van der Waals surface area contributed by atoms with Crippen molar-refractivity contribution in [3.63, 3.8) is 0 Å². The third kappa shape index (κ3) is 2.85. The zero-order valence-electron chi connectivity index (χ0n) is 10.00. The van der Waals surface area contributed by atoms with Gasteiger partial charge in [0, 0.05) is 6.20 Å². The lowest BCUT2D eigenvalue weighted by molar-refractivity contribution is -0.138. The quantitative estimate of drug-likeness (QED) is 0.865. The Balaban J connectivity index is 2.22. The van der Waals surface area contributed by atoms with Crippen LogP contribution in [0.5, 0.6) is 0 Å². The van der Waals surface area contributed by atoms with E-state index in [9.17, 15) is 9.90 Å². The predicted molar refractivity (Wildman–Crippen MR) is 69.4 cm³/mol. The van der Waals surface area contributed by atoms with Crippen LogP contribution in [0, 0.1) is 6.92 Å². The van der Waals surface area contributed by atoms with Crippen LogP contribution in [0.2, 0.25) is 0 Å². The number of carbonyl (C=O) groups is 1. The highest BCUT2D eigenvalue weighted by Crippen LogP contribution is 2.18. The van der Waals surface area contributed by atoms with E-state index in [0.29, 0.717) is 11.4 Å². The molecule has 0 bridgehead atoms. The van der Waals surface area contributed by atoms with E-state index in [4.69, 9.17) is 0 Å². The molecule has 18 heavy (non-hydrogen) atoms. The van der Waals surface area contributed by atoms with Crippen LogP contribution in [-0.4, -0.2) is 16.1 Å². The topological polar surface area (TPSA) is 62.2 Å². The van der Waals surface area contributed by atoms with Crippen LogP contribution in [0.15, 0.2) is 48.7 Å². The van der Waals surface area contributed by atoms with Gasteiger partial charge < -0.3 is 10.4 Å². The number of aliphatic carboxylic acids is 1. The molecule has 92 valence electrons. The first kappa shape index (κ1) is 12.1. The first-order valence-corrected chi connectivity index (χ1v) is 5.64. The largest absolute Gasteiger partial charge is 0.479 e. The van der Waals surface area contributed by atoms with Gasteiger partial charge in [-0.15, -0.1) is 0 Å². The van der Waals surface area contributed by atoms with E-state index in [0.717, 1.165) is 5.56 Å². The van der Waals surface area contributed by atoms with Gasteiger partial charge in [-0.25, -0.2) is 9.78 Å². The summed E-state index contributed by atoms with van der Waals surface area (Å²) in [4.78, 5) is 15.4. The summed E-state index contributed by atoms with van der Waals surface area (Å²) >= 11 is 0. The lowest BCUT2D eigenvalue weighted by atomic mass is 10.1. The molecule has 1 aromatic carbocycles. The average molecular weight is 242 g/mol. The fraction of sp³-hybridized carbons (Fsp3) is 0.143. The number of pyridine rings is 1. The van der Waals surface area contributed by atoms with Crippen LogP contribution >= 0.6 is 0 Å². The fourth-order valence-corrected chi connectivity index (χ4v) is 1.63. The van der Waals surface area contributed by atoms with Crippen molar-refractivity contribution >= 4 is 11.8 Å². The van der Waals surface area contributed by atoms with Gasteiger partial charge >= 0.3 is 5.97 Å². The van der Waals surface area contributed by atoms with Crippen LogP contribution in [0.25, 0.3) is 0 Å². The molecule has 0 fully saturated rings. The summed E-state index contributed by atoms with van der Waals surface area (Å²) in [6.07, 6.45) is 1.70. The summed E-state index contributed by atoms with van der Waals surface area (Å²) in [6, 6.07) is 11.9. The molecule has 4 heteroatoms. The van der Waals surface area contributed by atoms with Gasteiger partial charge in [-0.2, -0.15) is 0 Å². The maximum absolute atomic E-state index is 11.3. The highest BCUT2D eigenvalue weighted by Gasteiger charge is 2.19. The highest BCUT2D eigenvalue weighted by molar-refractivity contribution is 5.78. The van der Waals surface area contributed by atoms with Crippen molar-refractivity contribution in [2.24, 2.45) is 0 Å². The molecule has 1 aromatic heterocycles. The minimum Gasteiger partial charge on any atom is -0.479 e. The van der Waals surface area contributed by atoms with Gasteiger partial charge in [-0.3, -0.25) is 0 Å². The molecule has 0 saturated carbocycles. The number of nitrogens with one attached hydrogen (secondary N) is 1. The number of hydrogen-bond donors (Lipinski definition) is 2. The molecule has 0 saturated heterocycles. The summed E-state index contributed by atoms with van der Waals surface area (Å²) in [7, 11) is 0. The van der Waals surface area contributed by atoms with Gasteiger partial charge in [-0.1, -0.05) is 36.4 Å². The Labute approximate surface area is 105 Å². The average Bonchev–Trinajstić information content (AvgIpc) is 2.38. The van der Waals surface area contributed by atoms with Crippen LogP contribution in [0.3, 0.4) is 0 Å². The molecule has 0 aliphatic rings. The number of aryl methyl sites for hydroxylation is 1. The smallest absolute Gasteiger partial charge is 0.330 e. The second-order valence-electron chi connectivity index (χ2n) is 4.05. The molecule has 2 aromatic rings. The van der Waals surface area contributed by atoms with E-state index < -0.39 is 12.0 Å². The first-order valence-electron chi connectivity index (χ1n) is 5.64. The Bertz CT molecular complexity index is 523. The number of nitrogens with zero attached hydrogens (tertiary/aromatic N) is 1. The van der Waals surface area contributed by atoms with Gasteiger partial charge in [0.2, 0.25) is 0 Å². The number of anilines is 1. The highest BCUT2D eigenvalue weighted by atomic mass is 16.4. The second kappa shape index (κ2) is 5.31. The summed E-state index contributed by atoms with van der Waals surface area (Å²) in [5.74, 6) is -0.375. The van der Waals surface area contributed by atoms with Crippen LogP contribution in [-0.2, 0) is 4.79 Å². The van der Waals surface area contributed by atoms with Crippen molar-refractivity contribution in [1.29, 1.82) is 0 Å². The number of aromatic nitrogens is 1. The molecule has 0 aliphatic carbocycles. The molecule has 1 atom stereocenters. The molecule has 0 amide bonds. The molecule has 2 rings (SSSR count). The predicted octanol–water partition coefficient (Wildman–Crippen LogP) is 2.63. The fourth-order valence-electron chi connectivity index (χ4n) is 1.63. The minimum absolute atomic E-state index is 0.553. The standard InChI is InChI=1S/C14H14N2O2/c1-10-7-8-12(15-9-10)16-13(14(17)18)11-5-3-2-4-6-11/h2-9,13H,1H3,(H,15,16)(H,17,18). The summed E-state index contributed by atoms with van der Waals surface area (Å²) < 4.78 is 0.